The highest BCUT2D eigenvalue weighted by Crippen LogP contribution is 2.22. The van der Waals surface area contributed by atoms with E-state index in [1.54, 1.807) is 12.1 Å². The third kappa shape index (κ3) is 2.37. The van der Waals surface area contributed by atoms with Gasteiger partial charge in [0, 0.05) is 0 Å². The lowest BCUT2D eigenvalue weighted by atomic mass is 10.2. The molecule has 0 aliphatic heterocycles. The number of rotatable bonds is 3. The van der Waals surface area contributed by atoms with Gasteiger partial charge in [0.2, 0.25) is 0 Å². The van der Waals surface area contributed by atoms with Crippen molar-refractivity contribution >= 4 is 23.3 Å². The van der Waals surface area contributed by atoms with E-state index in [1.165, 1.54) is 6.07 Å². The number of para-hydroxylation sites is 1. The van der Waals surface area contributed by atoms with Crippen LogP contribution in [0.5, 0.6) is 0 Å². The average molecular weight is 216 g/mol. The van der Waals surface area contributed by atoms with Gasteiger partial charge in [-0.2, -0.15) is 0 Å². The van der Waals surface area contributed by atoms with Gasteiger partial charge in [-0.3, -0.25) is 0 Å². The Bertz CT molecular complexity index is 341. The zero-order valence-corrected chi connectivity index (χ0v) is 8.12. The van der Waals surface area contributed by atoms with Crippen molar-refractivity contribution in [1.29, 1.82) is 0 Å². The number of nitrogens with two attached hydrogens (primary N) is 1. The van der Waals surface area contributed by atoms with Crippen molar-refractivity contribution in [3.63, 3.8) is 0 Å². The SMILES string of the molecule is Nc1c(Cl)cccc1C(=O)OCCO. The molecule has 0 amide bonds. The average Bonchev–Trinajstić information content (AvgIpc) is 2.18. The van der Waals surface area contributed by atoms with Gasteiger partial charge >= 0.3 is 5.97 Å². The highest BCUT2D eigenvalue weighted by Gasteiger charge is 2.12. The number of hydrogen-bond acceptors (Lipinski definition) is 4. The van der Waals surface area contributed by atoms with Gasteiger partial charge in [-0.15, -0.1) is 0 Å². The van der Waals surface area contributed by atoms with E-state index in [-0.39, 0.29) is 24.5 Å². The molecule has 0 fully saturated rings. The lowest BCUT2D eigenvalue weighted by Crippen LogP contribution is -2.11. The minimum Gasteiger partial charge on any atom is -0.460 e. The predicted octanol–water partition coefficient (Wildman–Crippen LogP) is 1.07. The molecule has 0 bridgehead atoms. The van der Waals surface area contributed by atoms with Crippen molar-refractivity contribution in [2.45, 2.75) is 0 Å². The minimum atomic E-state index is -0.584. The van der Waals surface area contributed by atoms with Gasteiger partial charge in [0.25, 0.3) is 0 Å². The van der Waals surface area contributed by atoms with Crippen LogP contribution in [0.4, 0.5) is 5.69 Å². The molecule has 0 atom stereocenters. The maximum Gasteiger partial charge on any atom is 0.340 e. The molecule has 1 aromatic rings. The third-order valence-electron chi connectivity index (χ3n) is 1.60. The van der Waals surface area contributed by atoms with Gasteiger partial charge in [-0.05, 0) is 12.1 Å². The van der Waals surface area contributed by atoms with Gasteiger partial charge in [0.1, 0.15) is 6.61 Å². The van der Waals surface area contributed by atoms with E-state index in [1.807, 2.05) is 0 Å². The quantitative estimate of drug-likeness (QED) is 0.585. The second kappa shape index (κ2) is 4.83. The van der Waals surface area contributed by atoms with Crippen LogP contribution in [0.25, 0.3) is 0 Å². The van der Waals surface area contributed by atoms with Crippen molar-refractivity contribution in [3.8, 4) is 0 Å². The number of anilines is 1. The number of carbonyl (C=O) groups excluding carboxylic acids is 1. The lowest BCUT2D eigenvalue weighted by Gasteiger charge is -2.06. The number of carbonyl (C=O) groups is 1. The topological polar surface area (TPSA) is 72.6 Å². The number of aliphatic hydroxyl groups is 1. The van der Waals surface area contributed by atoms with Crippen molar-refractivity contribution in [2.75, 3.05) is 18.9 Å². The number of hydrogen-bond donors (Lipinski definition) is 2. The molecule has 0 heterocycles. The van der Waals surface area contributed by atoms with Gasteiger partial charge in [-0.1, -0.05) is 17.7 Å². The van der Waals surface area contributed by atoms with Crippen molar-refractivity contribution < 1.29 is 14.6 Å². The summed E-state index contributed by atoms with van der Waals surface area (Å²) in [7, 11) is 0. The van der Waals surface area contributed by atoms with E-state index in [0.717, 1.165) is 0 Å². The zero-order chi connectivity index (χ0) is 10.6. The summed E-state index contributed by atoms with van der Waals surface area (Å²) < 4.78 is 4.69. The molecule has 0 radical (unpaired) electrons. The van der Waals surface area contributed by atoms with Crippen LogP contribution in [-0.4, -0.2) is 24.3 Å². The normalized spacial score (nSPS) is 9.86. The van der Waals surface area contributed by atoms with Crippen molar-refractivity contribution in [3.05, 3.63) is 28.8 Å². The summed E-state index contributed by atoms with van der Waals surface area (Å²) >= 11 is 5.71. The summed E-state index contributed by atoms with van der Waals surface area (Å²) in [5.41, 5.74) is 5.97. The number of ether oxygens (including phenoxy) is 1. The minimum absolute atomic E-state index is 0.0508. The molecule has 0 spiro atoms. The Labute approximate surface area is 86.2 Å². The summed E-state index contributed by atoms with van der Waals surface area (Å²) in [6.45, 7) is -0.267. The van der Waals surface area contributed by atoms with Crippen LogP contribution >= 0.6 is 11.6 Å². The molecule has 4 nitrogen and oxygen atoms in total. The summed E-state index contributed by atoms with van der Waals surface area (Å²) in [5.74, 6) is -0.584. The number of halogens is 1. The molecule has 3 N–H and O–H groups in total. The Balaban J connectivity index is 2.84. The first-order chi connectivity index (χ1) is 6.66. The smallest absolute Gasteiger partial charge is 0.340 e. The maximum absolute atomic E-state index is 11.3. The number of aliphatic hydroxyl groups excluding tert-OH is 1. The molecule has 14 heavy (non-hydrogen) atoms. The van der Waals surface area contributed by atoms with E-state index < -0.39 is 5.97 Å². The number of benzene rings is 1. The summed E-state index contributed by atoms with van der Waals surface area (Å²) in [4.78, 5) is 11.3. The third-order valence-corrected chi connectivity index (χ3v) is 1.93. The Hall–Kier alpha value is -1.26. The highest BCUT2D eigenvalue weighted by molar-refractivity contribution is 6.33. The molecular weight excluding hydrogens is 206 g/mol. The molecule has 1 rings (SSSR count). The van der Waals surface area contributed by atoms with E-state index in [0.29, 0.717) is 5.02 Å². The zero-order valence-electron chi connectivity index (χ0n) is 7.37. The first kappa shape index (κ1) is 10.8. The summed E-state index contributed by atoms with van der Waals surface area (Å²) in [6, 6.07) is 4.70. The number of nitrogen functional groups attached to an aromatic ring is 1. The molecule has 0 aliphatic carbocycles. The molecule has 0 saturated heterocycles. The second-order valence-electron chi connectivity index (χ2n) is 2.56. The molecule has 0 unspecified atom stereocenters. The predicted molar refractivity (Wildman–Crippen MR) is 53.2 cm³/mol. The highest BCUT2D eigenvalue weighted by atomic mass is 35.5. The van der Waals surface area contributed by atoms with Crippen LogP contribution in [0.3, 0.4) is 0 Å². The van der Waals surface area contributed by atoms with E-state index in [2.05, 4.69) is 4.74 Å². The summed E-state index contributed by atoms with van der Waals surface area (Å²) in [5, 5.41) is 8.76. The molecule has 0 aliphatic rings. The molecule has 0 saturated carbocycles. The second-order valence-corrected chi connectivity index (χ2v) is 2.97. The van der Waals surface area contributed by atoms with Crippen LogP contribution in [-0.2, 0) is 4.74 Å². The summed E-state index contributed by atoms with van der Waals surface area (Å²) in [6.07, 6.45) is 0. The standard InChI is InChI=1S/C9H10ClNO3/c10-7-3-1-2-6(8(7)11)9(13)14-5-4-12/h1-3,12H,4-5,11H2. The van der Waals surface area contributed by atoms with Crippen LogP contribution in [0, 0.1) is 0 Å². The maximum atomic E-state index is 11.3. The molecule has 0 aromatic heterocycles. The van der Waals surface area contributed by atoms with Crippen molar-refractivity contribution in [2.24, 2.45) is 0 Å². The number of esters is 1. The van der Waals surface area contributed by atoms with Crippen molar-refractivity contribution in [1.82, 2.24) is 0 Å². The van der Waals surface area contributed by atoms with Gasteiger partial charge in [-0.25, -0.2) is 4.79 Å². The molecule has 1 aromatic carbocycles. The fourth-order valence-corrected chi connectivity index (χ4v) is 1.11. The van der Waals surface area contributed by atoms with Crippen LogP contribution in [0.1, 0.15) is 10.4 Å². The van der Waals surface area contributed by atoms with Crippen LogP contribution in [0.2, 0.25) is 5.02 Å². The lowest BCUT2D eigenvalue weighted by molar-refractivity contribution is 0.0435. The van der Waals surface area contributed by atoms with Crippen LogP contribution < -0.4 is 5.73 Å². The molecule has 76 valence electrons. The van der Waals surface area contributed by atoms with Gasteiger partial charge in [0.05, 0.1) is 22.9 Å². The van der Waals surface area contributed by atoms with Gasteiger partial charge < -0.3 is 15.6 Å². The van der Waals surface area contributed by atoms with Gasteiger partial charge in [0.15, 0.2) is 0 Å². The fraction of sp³-hybridized carbons (Fsp3) is 0.222. The molecule has 5 heteroatoms. The first-order valence-corrected chi connectivity index (χ1v) is 4.36. The fourth-order valence-electron chi connectivity index (χ4n) is 0.931. The monoisotopic (exact) mass is 215 g/mol. The largest absolute Gasteiger partial charge is 0.460 e. The Morgan fingerprint density at radius 2 is 2.29 bits per heavy atom. The Morgan fingerprint density at radius 1 is 1.57 bits per heavy atom. The van der Waals surface area contributed by atoms with E-state index >= 15 is 0 Å². The van der Waals surface area contributed by atoms with E-state index in [9.17, 15) is 4.79 Å². The Morgan fingerprint density at radius 3 is 2.93 bits per heavy atom. The molecular formula is C9H10ClNO3. The Kier molecular flexibility index (Phi) is 3.73. The first-order valence-electron chi connectivity index (χ1n) is 3.98. The van der Waals surface area contributed by atoms with Crippen LogP contribution in [0.15, 0.2) is 18.2 Å². The van der Waals surface area contributed by atoms with E-state index in [4.69, 9.17) is 22.4 Å².